The van der Waals surface area contributed by atoms with Crippen LogP contribution in [-0.4, -0.2) is 19.1 Å². The Morgan fingerprint density at radius 1 is 1.41 bits per heavy atom. The highest BCUT2D eigenvalue weighted by Crippen LogP contribution is 2.22. The molecular weight excluding hydrogens is 208 g/mol. The van der Waals surface area contributed by atoms with Gasteiger partial charge in [-0.3, -0.25) is 0 Å². The van der Waals surface area contributed by atoms with E-state index in [2.05, 4.69) is 49.6 Å². The fourth-order valence-corrected chi connectivity index (χ4v) is 2.35. The SMILES string of the molecule is Cc1ccc(C(C)C)cc1NCC1CCCN1. The molecule has 1 aliphatic heterocycles. The van der Waals surface area contributed by atoms with Gasteiger partial charge < -0.3 is 10.6 Å². The Morgan fingerprint density at radius 2 is 2.24 bits per heavy atom. The summed E-state index contributed by atoms with van der Waals surface area (Å²) >= 11 is 0. The summed E-state index contributed by atoms with van der Waals surface area (Å²) in [7, 11) is 0. The average Bonchev–Trinajstić information content (AvgIpc) is 2.80. The average molecular weight is 232 g/mol. The predicted molar refractivity (Wildman–Crippen MR) is 74.8 cm³/mol. The van der Waals surface area contributed by atoms with E-state index >= 15 is 0 Å². The maximum Gasteiger partial charge on any atom is 0.0373 e. The van der Waals surface area contributed by atoms with Gasteiger partial charge in [0.25, 0.3) is 0 Å². The summed E-state index contributed by atoms with van der Waals surface area (Å²) < 4.78 is 0. The van der Waals surface area contributed by atoms with Crippen LogP contribution in [0.4, 0.5) is 5.69 Å². The van der Waals surface area contributed by atoms with Crippen molar-refractivity contribution in [2.75, 3.05) is 18.4 Å². The van der Waals surface area contributed by atoms with Gasteiger partial charge in [0.2, 0.25) is 0 Å². The summed E-state index contributed by atoms with van der Waals surface area (Å²) in [5.41, 5.74) is 4.05. The molecule has 1 saturated heterocycles. The minimum absolute atomic E-state index is 0.598. The molecule has 0 radical (unpaired) electrons. The predicted octanol–water partition coefficient (Wildman–Crippen LogP) is 3.28. The third-order valence-corrected chi connectivity index (χ3v) is 3.63. The van der Waals surface area contributed by atoms with E-state index in [-0.39, 0.29) is 0 Å². The maximum absolute atomic E-state index is 3.59. The second-order valence-electron chi connectivity index (χ2n) is 5.40. The lowest BCUT2D eigenvalue weighted by Crippen LogP contribution is -2.29. The van der Waals surface area contributed by atoms with Crippen molar-refractivity contribution in [1.82, 2.24) is 5.32 Å². The zero-order chi connectivity index (χ0) is 12.3. The largest absolute Gasteiger partial charge is 0.383 e. The topological polar surface area (TPSA) is 24.1 Å². The van der Waals surface area contributed by atoms with Crippen LogP contribution in [0.2, 0.25) is 0 Å². The summed E-state index contributed by atoms with van der Waals surface area (Å²) in [5, 5.41) is 7.11. The second kappa shape index (κ2) is 5.54. The van der Waals surface area contributed by atoms with Crippen molar-refractivity contribution in [3.8, 4) is 0 Å². The Kier molecular flexibility index (Phi) is 4.06. The molecular formula is C15H24N2. The van der Waals surface area contributed by atoms with E-state index in [0.717, 1.165) is 6.54 Å². The Balaban J connectivity index is 2.00. The smallest absolute Gasteiger partial charge is 0.0373 e. The van der Waals surface area contributed by atoms with Gasteiger partial charge >= 0.3 is 0 Å². The Hall–Kier alpha value is -1.02. The number of anilines is 1. The van der Waals surface area contributed by atoms with Gasteiger partial charge in [-0.05, 0) is 49.4 Å². The summed E-state index contributed by atoms with van der Waals surface area (Å²) in [6, 6.07) is 7.41. The van der Waals surface area contributed by atoms with Gasteiger partial charge in [0, 0.05) is 18.3 Å². The summed E-state index contributed by atoms with van der Waals surface area (Å²) in [6.45, 7) is 8.88. The van der Waals surface area contributed by atoms with Crippen molar-refractivity contribution in [2.45, 2.75) is 45.6 Å². The monoisotopic (exact) mass is 232 g/mol. The highest BCUT2D eigenvalue weighted by atomic mass is 15.0. The molecule has 94 valence electrons. The molecule has 17 heavy (non-hydrogen) atoms. The molecule has 1 aliphatic rings. The Labute approximate surface area is 105 Å². The molecule has 2 N–H and O–H groups in total. The van der Waals surface area contributed by atoms with Crippen molar-refractivity contribution < 1.29 is 0 Å². The molecule has 0 aromatic heterocycles. The first-order chi connectivity index (χ1) is 8.16. The highest BCUT2D eigenvalue weighted by molar-refractivity contribution is 5.53. The van der Waals surface area contributed by atoms with Crippen LogP contribution in [0.1, 0.15) is 43.7 Å². The second-order valence-corrected chi connectivity index (χ2v) is 5.40. The number of rotatable bonds is 4. The van der Waals surface area contributed by atoms with Crippen molar-refractivity contribution >= 4 is 5.69 Å². The summed E-state index contributed by atoms with van der Waals surface area (Å²) in [6.07, 6.45) is 2.62. The minimum Gasteiger partial charge on any atom is -0.383 e. The van der Waals surface area contributed by atoms with Gasteiger partial charge in [-0.2, -0.15) is 0 Å². The first-order valence-electron chi connectivity index (χ1n) is 6.74. The fraction of sp³-hybridized carbons (Fsp3) is 0.600. The molecule has 1 atom stereocenters. The lowest BCUT2D eigenvalue weighted by atomic mass is 10.0. The van der Waals surface area contributed by atoms with Crippen LogP contribution in [-0.2, 0) is 0 Å². The molecule has 1 unspecified atom stereocenters. The van der Waals surface area contributed by atoms with Crippen LogP contribution in [0.15, 0.2) is 18.2 Å². The third kappa shape index (κ3) is 3.22. The van der Waals surface area contributed by atoms with E-state index < -0.39 is 0 Å². The molecule has 0 amide bonds. The van der Waals surface area contributed by atoms with Gasteiger partial charge in [0.1, 0.15) is 0 Å². The normalized spacial score (nSPS) is 19.9. The Bertz CT molecular complexity index is 365. The van der Waals surface area contributed by atoms with Crippen molar-refractivity contribution in [3.63, 3.8) is 0 Å². The summed E-state index contributed by atoms with van der Waals surface area (Å²) in [5.74, 6) is 0.598. The van der Waals surface area contributed by atoms with Crippen LogP contribution < -0.4 is 10.6 Å². The number of nitrogens with one attached hydrogen (secondary N) is 2. The highest BCUT2D eigenvalue weighted by Gasteiger charge is 2.13. The van der Waals surface area contributed by atoms with Crippen LogP contribution in [0.5, 0.6) is 0 Å². The summed E-state index contributed by atoms with van der Waals surface area (Å²) in [4.78, 5) is 0. The van der Waals surface area contributed by atoms with Crippen LogP contribution >= 0.6 is 0 Å². The molecule has 1 heterocycles. The zero-order valence-corrected chi connectivity index (χ0v) is 11.2. The fourth-order valence-electron chi connectivity index (χ4n) is 2.35. The maximum atomic E-state index is 3.59. The molecule has 0 spiro atoms. The molecule has 2 nitrogen and oxygen atoms in total. The first-order valence-corrected chi connectivity index (χ1v) is 6.74. The lowest BCUT2D eigenvalue weighted by Gasteiger charge is -2.16. The van der Waals surface area contributed by atoms with E-state index in [1.54, 1.807) is 0 Å². The van der Waals surface area contributed by atoms with E-state index in [9.17, 15) is 0 Å². The molecule has 1 aromatic carbocycles. The number of hydrogen-bond acceptors (Lipinski definition) is 2. The quantitative estimate of drug-likeness (QED) is 0.832. The molecule has 1 fully saturated rings. The van der Waals surface area contributed by atoms with Gasteiger partial charge in [0.05, 0.1) is 0 Å². The lowest BCUT2D eigenvalue weighted by molar-refractivity contribution is 0.633. The number of benzene rings is 1. The van der Waals surface area contributed by atoms with E-state index in [4.69, 9.17) is 0 Å². The molecule has 2 rings (SSSR count). The molecule has 2 heteroatoms. The van der Waals surface area contributed by atoms with E-state index in [1.807, 2.05) is 0 Å². The molecule has 1 aromatic rings. The van der Waals surface area contributed by atoms with E-state index in [0.29, 0.717) is 12.0 Å². The van der Waals surface area contributed by atoms with Gasteiger partial charge in [-0.25, -0.2) is 0 Å². The van der Waals surface area contributed by atoms with Crippen molar-refractivity contribution in [1.29, 1.82) is 0 Å². The van der Waals surface area contributed by atoms with Crippen LogP contribution in [0.25, 0.3) is 0 Å². The third-order valence-electron chi connectivity index (χ3n) is 3.63. The Morgan fingerprint density at radius 3 is 2.88 bits per heavy atom. The van der Waals surface area contributed by atoms with Gasteiger partial charge in [0.15, 0.2) is 0 Å². The standard InChI is InChI=1S/C15H24N2/c1-11(2)13-7-6-12(3)15(9-13)17-10-14-5-4-8-16-14/h6-7,9,11,14,16-17H,4-5,8,10H2,1-3H3. The van der Waals surface area contributed by atoms with E-state index in [1.165, 1.54) is 36.2 Å². The minimum atomic E-state index is 0.598. The van der Waals surface area contributed by atoms with Gasteiger partial charge in [-0.15, -0.1) is 0 Å². The van der Waals surface area contributed by atoms with Crippen molar-refractivity contribution in [2.24, 2.45) is 0 Å². The number of hydrogen-bond donors (Lipinski definition) is 2. The molecule has 0 aliphatic carbocycles. The number of aryl methyl sites for hydroxylation is 1. The zero-order valence-electron chi connectivity index (χ0n) is 11.2. The first kappa shape index (κ1) is 12.4. The van der Waals surface area contributed by atoms with Crippen molar-refractivity contribution in [3.05, 3.63) is 29.3 Å². The van der Waals surface area contributed by atoms with Crippen LogP contribution in [0.3, 0.4) is 0 Å². The van der Waals surface area contributed by atoms with Crippen LogP contribution in [0, 0.1) is 6.92 Å². The molecule has 0 bridgehead atoms. The van der Waals surface area contributed by atoms with Gasteiger partial charge in [-0.1, -0.05) is 26.0 Å². The molecule has 0 saturated carbocycles.